The number of esters is 1. The molecule has 0 fully saturated rings. The van der Waals surface area contributed by atoms with Gasteiger partial charge in [0.25, 0.3) is 0 Å². The van der Waals surface area contributed by atoms with Crippen LogP contribution in [0.1, 0.15) is 5.56 Å². The molecule has 0 bridgehead atoms. The van der Waals surface area contributed by atoms with E-state index in [2.05, 4.69) is 15.2 Å². The van der Waals surface area contributed by atoms with Gasteiger partial charge >= 0.3 is 5.97 Å². The Bertz CT molecular complexity index is 995. The Kier molecular flexibility index (Phi) is 6.24. The molecule has 0 spiro atoms. The molecule has 1 amide bonds. The summed E-state index contributed by atoms with van der Waals surface area (Å²) in [4.78, 5) is 23.1. The number of carbonyl (C=O) groups excluding carboxylic acids is 2. The van der Waals surface area contributed by atoms with E-state index < -0.39 is 11.9 Å². The van der Waals surface area contributed by atoms with Crippen molar-refractivity contribution in [3.8, 4) is 16.9 Å². The zero-order valence-corrected chi connectivity index (χ0v) is 15.9. The summed E-state index contributed by atoms with van der Waals surface area (Å²) in [5, 5.41) is 7.76. The molecule has 3 aromatic rings. The topological polar surface area (TPSA) is 73.2 Å². The molecule has 1 aromatic heterocycles. The highest BCUT2D eigenvalue weighted by atomic mass is 35.5. The number of rotatable bonds is 6. The second-order valence-corrected chi connectivity index (χ2v) is 6.28. The smallest absolute Gasteiger partial charge is 0.325 e. The van der Waals surface area contributed by atoms with Gasteiger partial charge in [0.05, 0.1) is 18.5 Å². The third-order valence-corrected chi connectivity index (χ3v) is 4.18. The van der Waals surface area contributed by atoms with Crippen molar-refractivity contribution < 1.29 is 14.3 Å². The third-order valence-electron chi connectivity index (χ3n) is 3.93. The number of carbonyl (C=O) groups is 2. The normalized spacial score (nSPS) is 10.8. The zero-order chi connectivity index (χ0) is 19.9. The maximum absolute atomic E-state index is 12.0. The number of aromatic nitrogens is 2. The summed E-state index contributed by atoms with van der Waals surface area (Å²) in [5.41, 5.74) is 3.22. The summed E-state index contributed by atoms with van der Waals surface area (Å²) >= 11 is 5.98. The van der Waals surface area contributed by atoms with E-state index in [9.17, 15) is 9.59 Å². The predicted molar refractivity (Wildman–Crippen MR) is 108 cm³/mol. The fraction of sp³-hybridized carbons (Fsp3) is 0.0952. The van der Waals surface area contributed by atoms with Crippen LogP contribution in [0.25, 0.3) is 23.0 Å². The second-order valence-electron chi connectivity index (χ2n) is 5.85. The molecule has 0 unspecified atom stereocenters. The van der Waals surface area contributed by atoms with Gasteiger partial charge in [-0.25, -0.2) is 4.68 Å². The SMILES string of the molecule is COC(=O)CNC(=O)/C=C/c1cn(-c2ccccc2)nc1-c1ccc(Cl)cc1. The maximum atomic E-state index is 12.0. The van der Waals surface area contributed by atoms with E-state index >= 15 is 0 Å². The Morgan fingerprint density at radius 1 is 1.14 bits per heavy atom. The first-order valence-corrected chi connectivity index (χ1v) is 8.88. The van der Waals surface area contributed by atoms with Crippen molar-refractivity contribution in [3.05, 3.63) is 77.5 Å². The molecule has 142 valence electrons. The van der Waals surface area contributed by atoms with Gasteiger partial charge in [0, 0.05) is 28.4 Å². The number of nitrogens with zero attached hydrogens (tertiary/aromatic N) is 2. The molecule has 0 aliphatic heterocycles. The van der Waals surface area contributed by atoms with Crippen LogP contribution >= 0.6 is 11.6 Å². The van der Waals surface area contributed by atoms with Gasteiger partial charge in [0.15, 0.2) is 0 Å². The van der Waals surface area contributed by atoms with Crippen LogP contribution in [0.2, 0.25) is 5.02 Å². The molecule has 0 atom stereocenters. The molecule has 3 rings (SSSR count). The van der Waals surface area contributed by atoms with Gasteiger partial charge in [-0.3, -0.25) is 9.59 Å². The van der Waals surface area contributed by atoms with Gasteiger partial charge in [0.1, 0.15) is 6.54 Å². The molecule has 0 saturated heterocycles. The summed E-state index contributed by atoms with van der Waals surface area (Å²) in [6.07, 6.45) is 4.85. The Morgan fingerprint density at radius 2 is 1.86 bits per heavy atom. The minimum Gasteiger partial charge on any atom is -0.468 e. The molecule has 1 heterocycles. The van der Waals surface area contributed by atoms with Crippen molar-refractivity contribution in [1.82, 2.24) is 15.1 Å². The summed E-state index contributed by atoms with van der Waals surface area (Å²) in [6.45, 7) is -0.188. The highest BCUT2D eigenvalue weighted by Crippen LogP contribution is 2.26. The summed E-state index contributed by atoms with van der Waals surface area (Å²) in [7, 11) is 1.26. The minimum atomic E-state index is -0.513. The Hall–Kier alpha value is -3.38. The van der Waals surface area contributed by atoms with Gasteiger partial charge in [-0.2, -0.15) is 5.10 Å². The summed E-state index contributed by atoms with van der Waals surface area (Å²) in [6, 6.07) is 17.0. The number of amides is 1. The fourth-order valence-electron chi connectivity index (χ4n) is 2.51. The van der Waals surface area contributed by atoms with E-state index in [-0.39, 0.29) is 6.54 Å². The molecular formula is C21H18ClN3O3. The largest absolute Gasteiger partial charge is 0.468 e. The number of methoxy groups -OCH3 is 1. The van der Waals surface area contributed by atoms with Crippen LogP contribution < -0.4 is 5.32 Å². The van der Waals surface area contributed by atoms with Crippen LogP contribution in [0.3, 0.4) is 0 Å². The highest BCUT2D eigenvalue weighted by Gasteiger charge is 2.11. The van der Waals surface area contributed by atoms with Gasteiger partial charge in [0.2, 0.25) is 5.91 Å². The van der Waals surface area contributed by atoms with Crippen LogP contribution in [0.4, 0.5) is 0 Å². The lowest BCUT2D eigenvalue weighted by molar-refractivity contribution is -0.140. The standard InChI is InChI=1S/C21H18ClN3O3/c1-28-20(27)13-23-19(26)12-9-16-14-25(18-5-3-2-4-6-18)24-21(16)15-7-10-17(22)11-8-15/h2-12,14H,13H2,1H3,(H,23,26)/b12-9+. The van der Waals surface area contributed by atoms with Crippen molar-refractivity contribution in [2.75, 3.05) is 13.7 Å². The van der Waals surface area contributed by atoms with Crippen molar-refractivity contribution in [1.29, 1.82) is 0 Å². The summed E-state index contributed by atoms with van der Waals surface area (Å²) < 4.78 is 6.25. The van der Waals surface area contributed by atoms with Crippen molar-refractivity contribution in [2.45, 2.75) is 0 Å². The van der Waals surface area contributed by atoms with Crippen molar-refractivity contribution in [3.63, 3.8) is 0 Å². The molecule has 0 aliphatic carbocycles. The molecule has 0 saturated carbocycles. The third kappa shape index (κ3) is 4.86. The predicted octanol–water partition coefficient (Wildman–Crippen LogP) is 3.50. The van der Waals surface area contributed by atoms with Crippen LogP contribution in [-0.2, 0) is 14.3 Å². The first-order valence-electron chi connectivity index (χ1n) is 8.50. The molecular weight excluding hydrogens is 378 g/mol. The Labute approximate surface area is 167 Å². The molecule has 0 aliphatic rings. The number of nitrogens with one attached hydrogen (secondary N) is 1. The number of halogens is 1. The van der Waals surface area contributed by atoms with E-state index in [1.807, 2.05) is 48.7 Å². The van der Waals surface area contributed by atoms with Gasteiger partial charge < -0.3 is 10.1 Å². The van der Waals surface area contributed by atoms with Crippen molar-refractivity contribution in [2.24, 2.45) is 0 Å². The van der Waals surface area contributed by atoms with Gasteiger partial charge in [-0.1, -0.05) is 41.9 Å². The lowest BCUT2D eigenvalue weighted by Gasteiger charge is -2.01. The van der Waals surface area contributed by atoms with Crippen molar-refractivity contribution >= 4 is 29.6 Å². The first kappa shape index (κ1) is 19.4. The lowest BCUT2D eigenvalue weighted by Crippen LogP contribution is -2.28. The van der Waals surface area contributed by atoms with Crippen LogP contribution in [0.5, 0.6) is 0 Å². The summed E-state index contributed by atoms with van der Waals surface area (Å²) in [5.74, 6) is -0.916. The van der Waals surface area contributed by atoms with Crippen LogP contribution in [0.15, 0.2) is 66.9 Å². The number of hydrogen-bond acceptors (Lipinski definition) is 4. The number of benzene rings is 2. The van der Waals surface area contributed by atoms with E-state index in [1.165, 1.54) is 13.2 Å². The van der Waals surface area contributed by atoms with E-state index in [4.69, 9.17) is 11.6 Å². The average Bonchev–Trinajstić information content (AvgIpc) is 3.16. The fourth-order valence-corrected chi connectivity index (χ4v) is 2.64. The van der Waals surface area contributed by atoms with Crippen LogP contribution in [-0.4, -0.2) is 35.3 Å². The van der Waals surface area contributed by atoms with Gasteiger partial charge in [-0.15, -0.1) is 0 Å². The number of ether oxygens (including phenoxy) is 1. The van der Waals surface area contributed by atoms with Crippen LogP contribution in [0, 0.1) is 0 Å². The molecule has 28 heavy (non-hydrogen) atoms. The minimum absolute atomic E-state index is 0.188. The molecule has 1 N–H and O–H groups in total. The quantitative estimate of drug-likeness (QED) is 0.512. The first-order chi connectivity index (χ1) is 13.6. The highest BCUT2D eigenvalue weighted by molar-refractivity contribution is 6.30. The zero-order valence-electron chi connectivity index (χ0n) is 15.1. The average molecular weight is 396 g/mol. The van der Waals surface area contributed by atoms with E-state index in [0.29, 0.717) is 10.7 Å². The monoisotopic (exact) mass is 395 g/mol. The second kappa shape index (κ2) is 9.01. The number of hydrogen-bond donors (Lipinski definition) is 1. The van der Waals surface area contributed by atoms with E-state index in [0.717, 1.165) is 16.8 Å². The van der Waals surface area contributed by atoms with E-state index in [1.54, 1.807) is 22.9 Å². The lowest BCUT2D eigenvalue weighted by atomic mass is 10.1. The maximum Gasteiger partial charge on any atom is 0.325 e. The number of para-hydroxylation sites is 1. The molecule has 6 nitrogen and oxygen atoms in total. The Morgan fingerprint density at radius 3 is 2.54 bits per heavy atom. The molecule has 7 heteroatoms. The molecule has 2 aromatic carbocycles. The Balaban J connectivity index is 1.91. The van der Waals surface area contributed by atoms with Gasteiger partial charge in [-0.05, 0) is 30.3 Å². The molecule has 0 radical (unpaired) electrons.